The van der Waals surface area contributed by atoms with Crippen molar-refractivity contribution in [3.63, 3.8) is 0 Å². The molecule has 0 saturated carbocycles. The topological polar surface area (TPSA) is 105 Å². The lowest BCUT2D eigenvalue weighted by Crippen LogP contribution is -2.53. The Balaban J connectivity index is 2.11. The number of benzene rings is 3. The number of sulfonamides is 1. The Morgan fingerprint density at radius 1 is 0.952 bits per heavy atom. The Morgan fingerprint density at radius 2 is 1.60 bits per heavy atom. The van der Waals surface area contributed by atoms with E-state index < -0.39 is 34.3 Å². The number of nitrogens with zero attached hydrogens (tertiary/aromatic N) is 2. The van der Waals surface area contributed by atoms with Gasteiger partial charge in [0.1, 0.15) is 18.4 Å². The second-order valence-corrected chi connectivity index (χ2v) is 11.9. The number of carbonyl (C=O) groups excluding carboxylic acids is 2. The minimum absolute atomic E-state index is 0.0788. The Hall–Kier alpha value is -4.12. The summed E-state index contributed by atoms with van der Waals surface area (Å²) in [7, 11) is -1.57. The third-order valence-electron chi connectivity index (χ3n) is 6.76. The minimum Gasteiger partial charge on any atom is -0.493 e. The van der Waals surface area contributed by atoms with E-state index in [1.807, 2.05) is 45.0 Å². The Labute approximate surface area is 247 Å². The van der Waals surface area contributed by atoms with E-state index in [1.54, 1.807) is 6.92 Å². The van der Waals surface area contributed by atoms with Crippen molar-refractivity contribution in [2.75, 3.05) is 25.1 Å². The Morgan fingerprint density at radius 3 is 2.17 bits per heavy atom. The molecule has 2 amide bonds. The van der Waals surface area contributed by atoms with Crippen LogP contribution in [-0.2, 0) is 26.2 Å². The molecule has 42 heavy (non-hydrogen) atoms. The minimum atomic E-state index is -4.38. The Kier molecular flexibility index (Phi) is 10.9. The normalized spacial score (nSPS) is 12.0. The first kappa shape index (κ1) is 32.4. The summed E-state index contributed by atoms with van der Waals surface area (Å²) in [5, 5.41) is 2.87. The van der Waals surface area contributed by atoms with Gasteiger partial charge in [-0.3, -0.25) is 13.9 Å². The number of anilines is 1. The van der Waals surface area contributed by atoms with E-state index in [0.29, 0.717) is 12.2 Å². The van der Waals surface area contributed by atoms with Crippen molar-refractivity contribution < 1.29 is 31.9 Å². The molecule has 3 aromatic rings. The molecule has 1 N–H and O–H groups in total. The molecule has 0 saturated heterocycles. The van der Waals surface area contributed by atoms with Gasteiger partial charge in [0.05, 0.1) is 24.8 Å². The quantitative estimate of drug-likeness (QED) is 0.306. The largest absolute Gasteiger partial charge is 0.493 e. The molecule has 0 unspecified atom stereocenters. The van der Waals surface area contributed by atoms with E-state index >= 15 is 0 Å². The van der Waals surface area contributed by atoms with Gasteiger partial charge in [-0.05, 0) is 74.7 Å². The molecular formula is C31H38FN3O6S. The number of carbonyl (C=O) groups is 2. The van der Waals surface area contributed by atoms with Gasteiger partial charge in [0.2, 0.25) is 11.8 Å². The fraction of sp³-hybridized carbons (Fsp3) is 0.355. The van der Waals surface area contributed by atoms with Gasteiger partial charge >= 0.3 is 0 Å². The molecule has 3 aromatic carbocycles. The summed E-state index contributed by atoms with van der Waals surface area (Å²) in [5.41, 5.74) is 1.82. The standard InChI is InChI=1S/C31H38FN3O6S/c1-7-27(31(37)33-21(2)3)34(19-23-11-9-8-10-22(23)4)30(36)20-35(25-14-12-24(32)13-15-25)42(38,39)26-16-17-28(40-5)29(18-26)41-6/h8-18,21,27H,7,19-20H2,1-6H3,(H,33,37)/t27-/m1/s1. The van der Waals surface area contributed by atoms with E-state index in [4.69, 9.17) is 9.47 Å². The van der Waals surface area contributed by atoms with Crippen LogP contribution in [0.5, 0.6) is 11.5 Å². The van der Waals surface area contributed by atoms with E-state index in [0.717, 1.165) is 27.6 Å². The van der Waals surface area contributed by atoms with Crippen LogP contribution >= 0.6 is 0 Å². The Bertz CT molecular complexity index is 1490. The summed E-state index contributed by atoms with van der Waals surface area (Å²) in [6.45, 7) is 6.79. The van der Waals surface area contributed by atoms with Gasteiger partial charge in [0, 0.05) is 18.7 Å². The van der Waals surface area contributed by atoms with Crippen LogP contribution in [0.1, 0.15) is 38.3 Å². The van der Waals surface area contributed by atoms with Crippen LogP contribution in [0.15, 0.2) is 71.6 Å². The van der Waals surface area contributed by atoms with Gasteiger partial charge in [0.15, 0.2) is 11.5 Å². The van der Waals surface area contributed by atoms with Crippen LogP contribution in [0.4, 0.5) is 10.1 Å². The monoisotopic (exact) mass is 599 g/mol. The molecule has 0 aliphatic heterocycles. The summed E-state index contributed by atoms with van der Waals surface area (Å²) in [6, 6.07) is 15.3. The lowest BCUT2D eigenvalue weighted by atomic mass is 10.1. The lowest BCUT2D eigenvalue weighted by molar-refractivity contribution is -0.140. The van der Waals surface area contributed by atoms with Gasteiger partial charge in [-0.2, -0.15) is 0 Å². The van der Waals surface area contributed by atoms with Gasteiger partial charge in [-0.15, -0.1) is 0 Å². The number of methoxy groups -OCH3 is 2. The average Bonchev–Trinajstić information content (AvgIpc) is 2.96. The predicted octanol–water partition coefficient (Wildman–Crippen LogP) is 4.68. The zero-order valence-corrected chi connectivity index (χ0v) is 25.6. The number of nitrogens with one attached hydrogen (secondary N) is 1. The number of halogens is 1. The average molecular weight is 600 g/mol. The molecule has 3 rings (SSSR count). The molecule has 0 aromatic heterocycles. The molecule has 1 atom stereocenters. The van der Waals surface area contributed by atoms with Crippen molar-refractivity contribution in [1.29, 1.82) is 0 Å². The van der Waals surface area contributed by atoms with Crippen molar-refractivity contribution >= 4 is 27.5 Å². The molecule has 0 spiro atoms. The second kappa shape index (κ2) is 14.2. The maximum absolute atomic E-state index is 14.1. The highest BCUT2D eigenvalue weighted by atomic mass is 32.2. The number of ether oxygens (including phenoxy) is 2. The van der Waals surface area contributed by atoms with Crippen molar-refractivity contribution in [2.45, 2.75) is 57.6 Å². The number of amides is 2. The maximum atomic E-state index is 14.1. The summed E-state index contributed by atoms with van der Waals surface area (Å²) in [5.74, 6) is -0.997. The van der Waals surface area contributed by atoms with Crippen LogP contribution in [-0.4, -0.2) is 58.0 Å². The molecule has 226 valence electrons. The smallest absolute Gasteiger partial charge is 0.264 e. The van der Waals surface area contributed by atoms with Gasteiger partial charge in [-0.25, -0.2) is 12.8 Å². The zero-order valence-electron chi connectivity index (χ0n) is 24.8. The van der Waals surface area contributed by atoms with E-state index in [1.165, 1.54) is 49.5 Å². The molecule has 0 bridgehead atoms. The molecule has 0 aliphatic carbocycles. The van der Waals surface area contributed by atoms with Gasteiger partial charge in [-0.1, -0.05) is 31.2 Å². The summed E-state index contributed by atoms with van der Waals surface area (Å²) >= 11 is 0. The van der Waals surface area contributed by atoms with Crippen molar-refractivity contribution in [3.05, 3.63) is 83.7 Å². The van der Waals surface area contributed by atoms with Crippen LogP contribution in [0.2, 0.25) is 0 Å². The third-order valence-corrected chi connectivity index (χ3v) is 8.53. The maximum Gasteiger partial charge on any atom is 0.264 e. The third kappa shape index (κ3) is 7.58. The fourth-order valence-corrected chi connectivity index (χ4v) is 5.94. The fourth-order valence-electron chi connectivity index (χ4n) is 4.51. The molecule has 0 aliphatic rings. The van der Waals surface area contributed by atoms with Gasteiger partial charge in [0.25, 0.3) is 10.0 Å². The van der Waals surface area contributed by atoms with Gasteiger partial charge < -0.3 is 19.7 Å². The van der Waals surface area contributed by atoms with Crippen molar-refractivity contribution in [1.82, 2.24) is 10.2 Å². The second-order valence-electron chi connectivity index (χ2n) is 10.0. The van der Waals surface area contributed by atoms with Crippen molar-refractivity contribution in [2.24, 2.45) is 0 Å². The molecule has 11 heteroatoms. The molecule has 0 fully saturated rings. The first-order valence-electron chi connectivity index (χ1n) is 13.6. The number of hydrogen-bond donors (Lipinski definition) is 1. The zero-order chi connectivity index (χ0) is 31.0. The number of rotatable bonds is 13. The first-order chi connectivity index (χ1) is 19.9. The highest BCUT2D eigenvalue weighted by Crippen LogP contribution is 2.32. The lowest BCUT2D eigenvalue weighted by Gasteiger charge is -2.34. The molecule has 9 nitrogen and oxygen atoms in total. The van der Waals surface area contributed by atoms with E-state index in [9.17, 15) is 22.4 Å². The van der Waals surface area contributed by atoms with Crippen LogP contribution in [0.25, 0.3) is 0 Å². The van der Waals surface area contributed by atoms with E-state index in [-0.39, 0.29) is 34.8 Å². The highest BCUT2D eigenvalue weighted by molar-refractivity contribution is 7.92. The SMILES string of the molecule is CC[C@H](C(=O)NC(C)C)N(Cc1ccccc1C)C(=O)CN(c1ccc(F)cc1)S(=O)(=O)c1ccc(OC)c(OC)c1. The van der Waals surface area contributed by atoms with E-state index in [2.05, 4.69) is 5.32 Å². The summed E-state index contributed by atoms with van der Waals surface area (Å²) in [4.78, 5) is 28.6. The molecule has 0 radical (unpaired) electrons. The number of hydrogen-bond acceptors (Lipinski definition) is 6. The summed E-state index contributed by atoms with van der Waals surface area (Å²) < 4.78 is 53.4. The van der Waals surface area contributed by atoms with Crippen molar-refractivity contribution in [3.8, 4) is 11.5 Å². The van der Waals surface area contributed by atoms with Crippen LogP contribution in [0.3, 0.4) is 0 Å². The first-order valence-corrected chi connectivity index (χ1v) is 15.0. The van der Waals surface area contributed by atoms with Crippen LogP contribution < -0.4 is 19.1 Å². The highest BCUT2D eigenvalue weighted by Gasteiger charge is 2.34. The molecular weight excluding hydrogens is 561 g/mol. The van der Waals surface area contributed by atoms with Crippen LogP contribution in [0, 0.1) is 12.7 Å². The predicted molar refractivity (Wildman–Crippen MR) is 160 cm³/mol. The summed E-state index contributed by atoms with van der Waals surface area (Å²) in [6.07, 6.45) is 0.301. The number of aryl methyl sites for hydroxylation is 1. The molecule has 0 heterocycles.